The van der Waals surface area contributed by atoms with Crippen LogP contribution in [0.3, 0.4) is 0 Å². The van der Waals surface area contributed by atoms with Crippen LogP contribution in [0.15, 0.2) is 64.2 Å². The van der Waals surface area contributed by atoms with E-state index in [1.54, 1.807) is 51.4 Å². The number of nitro benzene ring substituents is 1. The highest BCUT2D eigenvalue weighted by atomic mass is 32.2. The summed E-state index contributed by atoms with van der Waals surface area (Å²) in [7, 11) is 0. The van der Waals surface area contributed by atoms with E-state index in [4.69, 9.17) is 0 Å². The van der Waals surface area contributed by atoms with Crippen molar-refractivity contribution in [3.8, 4) is 6.07 Å². The normalized spacial score (nSPS) is 12.7. The van der Waals surface area contributed by atoms with Crippen LogP contribution >= 0.6 is 23.1 Å². The van der Waals surface area contributed by atoms with E-state index in [0.717, 1.165) is 23.1 Å². The van der Waals surface area contributed by atoms with Gasteiger partial charge in [-0.3, -0.25) is 24.3 Å². The van der Waals surface area contributed by atoms with E-state index in [-0.39, 0.29) is 32.8 Å². The highest BCUT2D eigenvalue weighted by molar-refractivity contribution is 7.99. The van der Waals surface area contributed by atoms with Gasteiger partial charge in [-0.2, -0.15) is 5.26 Å². The van der Waals surface area contributed by atoms with E-state index in [9.17, 15) is 25.0 Å². The lowest BCUT2D eigenvalue weighted by atomic mass is 9.87. The Hall–Kier alpha value is -3.88. The second-order valence-corrected chi connectivity index (χ2v) is 10.3. The quantitative estimate of drug-likeness (QED) is 0.206. The van der Waals surface area contributed by atoms with Gasteiger partial charge < -0.3 is 0 Å². The van der Waals surface area contributed by atoms with Gasteiger partial charge in [-0.05, 0) is 35.5 Å². The zero-order chi connectivity index (χ0) is 25.8. The number of carbonyl (C=O) groups excluding carboxylic acids is 1. The van der Waals surface area contributed by atoms with E-state index in [1.807, 2.05) is 6.07 Å². The SMILES string of the molecule is C=CCn1c(=O)/c(=C\c2ccc(Sc3ncccn3)c([N+](=O)[O-])c2)s/c1=C(\C#N)C(=O)C(C)(C)C. The molecule has 2 heterocycles. The minimum Gasteiger partial charge on any atom is -0.294 e. The molecule has 0 radical (unpaired) electrons. The molecule has 0 fully saturated rings. The predicted octanol–water partition coefficient (Wildman–Crippen LogP) is 3.06. The highest BCUT2D eigenvalue weighted by Crippen LogP contribution is 2.33. The molecule has 11 heteroatoms. The van der Waals surface area contributed by atoms with E-state index in [2.05, 4.69) is 16.5 Å². The maximum atomic E-state index is 13.1. The molecule has 2 aromatic heterocycles. The third-order valence-corrected chi connectivity index (χ3v) is 6.76. The first-order valence-electron chi connectivity index (χ1n) is 10.3. The van der Waals surface area contributed by atoms with Crippen molar-refractivity contribution in [1.29, 1.82) is 5.26 Å². The number of rotatable bonds is 7. The molecular weight excluding hydrogens is 486 g/mol. The van der Waals surface area contributed by atoms with Crippen molar-refractivity contribution in [2.24, 2.45) is 5.41 Å². The fourth-order valence-electron chi connectivity index (χ4n) is 3.01. The Morgan fingerprint density at radius 2 is 2.03 bits per heavy atom. The van der Waals surface area contributed by atoms with Crippen LogP contribution < -0.4 is 14.8 Å². The molecule has 0 aliphatic heterocycles. The first-order chi connectivity index (χ1) is 16.6. The molecular formula is C24H21N5O4S2. The molecule has 0 unspecified atom stereocenters. The largest absolute Gasteiger partial charge is 0.294 e. The molecule has 0 atom stereocenters. The molecule has 3 aromatic rings. The van der Waals surface area contributed by atoms with Gasteiger partial charge in [-0.25, -0.2) is 9.97 Å². The van der Waals surface area contributed by atoms with Crippen LogP contribution in [0.5, 0.6) is 0 Å². The topological polar surface area (TPSA) is 132 Å². The van der Waals surface area contributed by atoms with Crippen molar-refractivity contribution in [1.82, 2.24) is 14.5 Å². The third-order valence-electron chi connectivity index (χ3n) is 4.67. The summed E-state index contributed by atoms with van der Waals surface area (Å²) < 4.78 is 1.78. The number of aromatic nitrogens is 3. The summed E-state index contributed by atoms with van der Waals surface area (Å²) in [6, 6.07) is 8.16. The Morgan fingerprint density at radius 3 is 2.60 bits per heavy atom. The van der Waals surface area contributed by atoms with Crippen LogP contribution in [-0.4, -0.2) is 25.2 Å². The lowest BCUT2D eigenvalue weighted by Gasteiger charge is -2.15. The second-order valence-electron chi connectivity index (χ2n) is 8.30. The number of Topliss-reactive ketones (excluding diaryl/α,β-unsaturated/α-hetero) is 1. The van der Waals surface area contributed by atoms with Crippen molar-refractivity contribution in [3.63, 3.8) is 0 Å². The van der Waals surface area contributed by atoms with Gasteiger partial charge in [0, 0.05) is 30.4 Å². The summed E-state index contributed by atoms with van der Waals surface area (Å²) in [5.74, 6) is -0.384. The number of carbonyl (C=O) groups is 1. The number of benzene rings is 1. The Morgan fingerprint density at radius 1 is 1.34 bits per heavy atom. The van der Waals surface area contributed by atoms with Crippen LogP contribution in [0, 0.1) is 26.9 Å². The summed E-state index contributed by atoms with van der Waals surface area (Å²) in [6.45, 7) is 8.85. The highest BCUT2D eigenvalue weighted by Gasteiger charge is 2.27. The van der Waals surface area contributed by atoms with Gasteiger partial charge in [-0.15, -0.1) is 17.9 Å². The van der Waals surface area contributed by atoms with Crippen LogP contribution in [0.1, 0.15) is 26.3 Å². The average molecular weight is 508 g/mol. The number of hydrogen-bond donors (Lipinski definition) is 0. The van der Waals surface area contributed by atoms with Crippen LogP contribution in [-0.2, 0) is 11.3 Å². The average Bonchev–Trinajstić information content (AvgIpc) is 3.10. The third kappa shape index (κ3) is 5.79. The first kappa shape index (κ1) is 25.7. The van der Waals surface area contributed by atoms with Gasteiger partial charge in [0.2, 0.25) is 0 Å². The summed E-state index contributed by atoms with van der Waals surface area (Å²) in [5.41, 5.74) is -1.08. The molecule has 0 aliphatic rings. The Labute approximate surface area is 208 Å². The van der Waals surface area contributed by atoms with E-state index in [0.29, 0.717) is 15.6 Å². The lowest BCUT2D eigenvalue weighted by molar-refractivity contribution is -0.387. The fraction of sp³-hybridized carbons (Fsp3) is 0.208. The zero-order valence-corrected chi connectivity index (χ0v) is 20.9. The minimum atomic E-state index is -0.815. The van der Waals surface area contributed by atoms with E-state index < -0.39 is 15.9 Å². The molecule has 0 bridgehead atoms. The molecule has 0 N–H and O–H groups in total. The molecule has 178 valence electrons. The summed E-state index contributed by atoms with van der Waals surface area (Å²) >= 11 is 2.05. The maximum absolute atomic E-state index is 13.1. The smallest absolute Gasteiger partial charge is 0.283 e. The van der Waals surface area contributed by atoms with Crippen molar-refractivity contribution >= 4 is 46.2 Å². The lowest BCUT2D eigenvalue weighted by Crippen LogP contribution is -2.34. The number of nitro groups is 1. The van der Waals surface area contributed by atoms with Crippen LogP contribution in [0.25, 0.3) is 11.6 Å². The minimum absolute atomic E-state index is 0.105. The van der Waals surface area contributed by atoms with Crippen LogP contribution in [0.2, 0.25) is 0 Å². The number of allylic oxidation sites excluding steroid dienone is 1. The molecule has 0 saturated heterocycles. The summed E-state index contributed by atoms with van der Waals surface area (Å²) in [4.78, 5) is 45.7. The number of nitriles is 1. The Balaban J connectivity index is 2.20. The predicted molar refractivity (Wildman–Crippen MR) is 134 cm³/mol. The number of thiazole rings is 1. The molecule has 0 saturated carbocycles. The summed E-state index contributed by atoms with van der Waals surface area (Å²) in [5, 5.41) is 21.8. The maximum Gasteiger partial charge on any atom is 0.283 e. The Bertz CT molecular complexity index is 1530. The van der Waals surface area contributed by atoms with Gasteiger partial charge in [0.15, 0.2) is 10.9 Å². The monoisotopic (exact) mass is 507 g/mol. The van der Waals surface area contributed by atoms with E-state index >= 15 is 0 Å². The van der Waals surface area contributed by atoms with Gasteiger partial charge in [0.1, 0.15) is 16.3 Å². The van der Waals surface area contributed by atoms with Crippen molar-refractivity contribution in [3.05, 3.63) is 84.5 Å². The first-order valence-corrected chi connectivity index (χ1v) is 11.9. The number of nitrogens with zero attached hydrogens (tertiary/aromatic N) is 5. The van der Waals surface area contributed by atoms with Gasteiger partial charge >= 0.3 is 0 Å². The molecule has 9 nitrogen and oxygen atoms in total. The van der Waals surface area contributed by atoms with Gasteiger partial charge in [0.25, 0.3) is 11.2 Å². The van der Waals surface area contributed by atoms with Crippen molar-refractivity contribution < 1.29 is 9.72 Å². The van der Waals surface area contributed by atoms with E-state index in [1.165, 1.54) is 22.8 Å². The zero-order valence-electron chi connectivity index (χ0n) is 19.2. The van der Waals surface area contributed by atoms with Crippen molar-refractivity contribution in [2.45, 2.75) is 37.4 Å². The molecule has 35 heavy (non-hydrogen) atoms. The van der Waals surface area contributed by atoms with Crippen LogP contribution in [0.4, 0.5) is 5.69 Å². The molecule has 3 rings (SSSR count). The standard InChI is InChI=1S/C24H21N5O4S2/c1-5-11-28-21(31)19(34-22(28)16(14-25)20(30)24(2,3)4)13-15-7-8-18(17(12-15)29(32)33)35-23-26-9-6-10-27-23/h5-10,12-13H,1,11H2,2-4H3/b19-13+,22-16+. The fourth-order valence-corrected chi connectivity index (χ4v) is 4.92. The molecule has 0 amide bonds. The molecule has 0 spiro atoms. The molecule has 1 aromatic carbocycles. The Kier molecular flexibility index (Phi) is 7.78. The van der Waals surface area contributed by atoms with Gasteiger partial charge in [0.05, 0.1) is 14.4 Å². The summed E-state index contributed by atoms with van der Waals surface area (Å²) in [6.07, 6.45) is 6.10. The van der Waals surface area contributed by atoms with Crippen molar-refractivity contribution in [2.75, 3.05) is 0 Å². The number of ketones is 1. The number of hydrogen-bond acceptors (Lipinski definition) is 9. The molecule has 0 aliphatic carbocycles. The van der Waals surface area contributed by atoms with Gasteiger partial charge in [-0.1, -0.05) is 32.9 Å². The second kappa shape index (κ2) is 10.6.